The third kappa shape index (κ3) is 5.34. The van der Waals surface area contributed by atoms with Crippen molar-refractivity contribution < 1.29 is 14.3 Å². The first-order valence-electron chi connectivity index (χ1n) is 7.97. The number of carbonyl (C=O) groups is 2. The lowest BCUT2D eigenvalue weighted by Crippen LogP contribution is -2.38. The van der Waals surface area contributed by atoms with Crippen LogP contribution in [0.4, 0.5) is 10.5 Å². The maximum absolute atomic E-state index is 12.2. The van der Waals surface area contributed by atoms with Crippen LogP contribution in [0.2, 0.25) is 0 Å². The molecule has 2 amide bonds. The van der Waals surface area contributed by atoms with Crippen molar-refractivity contribution in [2.45, 2.75) is 26.4 Å². The van der Waals surface area contributed by atoms with Crippen LogP contribution in [-0.2, 0) is 16.6 Å². The molecule has 0 spiro atoms. The van der Waals surface area contributed by atoms with E-state index in [1.54, 1.807) is 33.0 Å². The summed E-state index contributed by atoms with van der Waals surface area (Å²) in [7, 11) is 3.43. The average molecular weight is 344 g/mol. The highest BCUT2D eigenvalue weighted by Gasteiger charge is 2.21. The molecule has 0 aliphatic heterocycles. The molecule has 2 aromatic rings. The first kappa shape index (κ1) is 18.5. The summed E-state index contributed by atoms with van der Waals surface area (Å²) in [6.07, 6.45) is 3.04. The van der Waals surface area contributed by atoms with E-state index in [1.807, 2.05) is 36.0 Å². The van der Waals surface area contributed by atoms with Crippen LogP contribution in [-0.4, -0.2) is 45.6 Å². The van der Waals surface area contributed by atoms with Crippen molar-refractivity contribution >= 4 is 17.7 Å². The largest absolute Gasteiger partial charge is 0.444 e. The summed E-state index contributed by atoms with van der Waals surface area (Å²) in [6, 6.07) is 7.40. The van der Waals surface area contributed by atoms with Crippen molar-refractivity contribution in [3.63, 3.8) is 0 Å². The minimum Gasteiger partial charge on any atom is -0.444 e. The molecule has 0 aliphatic rings. The highest BCUT2D eigenvalue weighted by atomic mass is 16.6. The van der Waals surface area contributed by atoms with E-state index in [0.29, 0.717) is 5.69 Å². The van der Waals surface area contributed by atoms with E-state index in [-0.39, 0.29) is 12.5 Å². The number of ether oxygens (including phenoxy) is 1. The predicted molar refractivity (Wildman–Crippen MR) is 96.1 cm³/mol. The van der Waals surface area contributed by atoms with Crippen LogP contribution in [0.25, 0.3) is 11.4 Å². The molecule has 1 aromatic carbocycles. The molecule has 7 nitrogen and oxygen atoms in total. The van der Waals surface area contributed by atoms with Gasteiger partial charge in [-0.25, -0.2) is 9.78 Å². The predicted octanol–water partition coefficient (Wildman–Crippen LogP) is 2.89. The van der Waals surface area contributed by atoms with Gasteiger partial charge >= 0.3 is 6.09 Å². The van der Waals surface area contributed by atoms with Gasteiger partial charge in [-0.15, -0.1) is 0 Å². The van der Waals surface area contributed by atoms with Crippen molar-refractivity contribution in [1.29, 1.82) is 0 Å². The monoisotopic (exact) mass is 344 g/mol. The summed E-state index contributed by atoms with van der Waals surface area (Å²) >= 11 is 0. The number of amides is 2. The van der Waals surface area contributed by atoms with Gasteiger partial charge in [-0.3, -0.25) is 4.79 Å². The van der Waals surface area contributed by atoms with Crippen LogP contribution in [0.15, 0.2) is 36.7 Å². The number of nitrogens with one attached hydrogen (secondary N) is 1. The molecule has 7 heteroatoms. The Labute approximate surface area is 147 Å². The zero-order valence-corrected chi connectivity index (χ0v) is 15.2. The molecule has 0 aliphatic carbocycles. The average Bonchev–Trinajstić information content (AvgIpc) is 2.91. The third-order valence-corrected chi connectivity index (χ3v) is 3.31. The number of nitrogens with zero attached hydrogens (tertiary/aromatic N) is 3. The van der Waals surface area contributed by atoms with Crippen molar-refractivity contribution in [2.75, 3.05) is 18.9 Å². The van der Waals surface area contributed by atoms with E-state index in [9.17, 15) is 9.59 Å². The van der Waals surface area contributed by atoms with Gasteiger partial charge in [0.05, 0.1) is 0 Å². The number of anilines is 1. The van der Waals surface area contributed by atoms with Gasteiger partial charge in [-0.05, 0) is 32.9 Å². The van der Waals surface area contributed by atoms with E-state index >= 15 is 0 Å². The molecule has 0 bridgehead atoms. The second-order valence-electron chi connectivity index (χ2n) is 6.83. The highest BCUT2D eigenvalue weighted by Crippen LogP contribution is 2.20. The lowest BCUT2D eigenvalue weighted by Gasteiger charge is -2.24. The SMILES string of the molecule is CN(CC(=O)Nc1cccc(-c2nccn2C)c1)C(=O)OC(C)(C)C. The van der Waals surface area contributed by atoms with Gasteiger partial charge in [0.1, 0.15) is 18.0 Å². The van der Waals surface area contributed by atoms with Crippen LogP contribution in [0.5, 0.6) is 0 Å². The second kappa shape index (κ2) is 7.38. The van der Waals surface area contributed by atoms with Crippen LogP contribution in [0.3, 0.4) is 0 Å². The first-order chi connectivity index (χ1) is 11.7. The van der Waals surface area contributed by atoms with Gasteiger partial charge in [0, 0.05) is 37.7 Å². The fraction of sp³-hybridized carbons (Fsp3) is 0.389. The smallest absolute Gasteiger partial charge is 0.410 e. The number of aromatic nitrogens is 2. The van der Waals surface area contributed by atoms with E-state index < -0.39 is 11.7 Å². The lowest BCUT2D eigenvalue weighted by atomic mass is 10.2. The van der Waals surface area contributed by atoms with Crippen LogP contribution < -0.4 is 5.32 Å². The minimum absolute atomic E-state index is 0.0957. The molecule has 1 N–H and O–H groups in total. The topological polar surface area (TPSA) is 76.5 Å². The van der Waals surface area contributed by atoms with Crippen LogP contribution >= 0.6 is 0 Å². The number of imidazole rings is 1. The molecule has 134 valence electrons. The van der Waals surface area contributed by atoms with Gasteiger partial charge in [0.15, 0.2) is 0 Å². The fourth-order valence-corrected chi connectivity index (χ4v) is 2.20. The molecular formula is C18H24N4O3. The standard InChI is InChI=1S/C18H24N4O3/c1-18(2,3)25-17(24)22(5)12-15(23)20-14-8-6-7-13(11-14)16-19-9-10-21(16)4/h6-11H,12H2,1-5H3,(H,20,23). The Morgan fingerprint density at radius 2 is 2.04 bits per heavy atom. The number of likely N-dealkylation sites (N-methyl/N-ethyl adjacent to an activating group) is 1. The quantitative estimate of drug-likeness (QED) is 0.925. The maximum atomic E-state index is 12.2. The van der Waals surface area contributed by atoms with Crippen LogP contribution in [0, 0.1) is 0 Å². The molecule has 2 rings (SSSR count). The Morgan fingerprint density at radius 1 is 1.32 bits per heavy atom. The van der Waals surface area contributed by atoms with Crippen molar-refractivity contribution in [2.24, 2.45) is 7.05 Å². The zero-order chi connectivity index (χ0) is 18.6. The number of aryl methyl sites for hydroxylation is 1. The first-order valence-corrected chi connectivity index (χ1v) is 7.97. The van der Waals surface area contributed by atoms with Crippen molar-refractivity contribution in [1.82, 2.24) is 14.5 Å². The molecular weight excluding hydrogens is 320 g/mol. The second-order valence-corrected chi connectivity index (χ2v) is 6.83. The number of rotatable bonds is 4. The van der Waals surface area contributed by atoms with Gasteiger partial charge in [0.25, 0.3) is 0 Å². The normalized spacial score (nSPS) is 11.1. The van der Waals surface area contributed by atoms with E-state index in [0.717, 1.165) is 11.4 Å². The van der Waals surface area contributed by atoms with E-state index in [4.69, 9.17) is 4.74 Å². The summed E-state index contributed by atoms with van der Waals surface area (Å²) in [5.41, 5.74) is 0.937. The Balaban J connectivity index is 1.99. The zero-order valence-electron chi connectivity index (χ0n) is 15.2. The Bertz CT molecular complexity index is 762. The van der Waals surface area contributed by atoms with Gasteiger partial charge < -0.3 is 19.5 Å². The van der Waals surface area contributed by atoms with Gasteiger partial charge in [-0.2, -0.15) is 0 Å². The maximum Gasteiger partial charge on any atom is 0.410 e. The molecule has 0 fully saturated rings. The highest BCUT2D eigenvalue weighted by molar-refractivity contribution is 5.94. The Hall–Kier alpha value is -2.83. The summed E-state index contributed by atoms with van der Waals surface area (Å²) < 4.78 is 7.13. The summed E-state index contributed by atoms with van der Waals surface area (Å²) in [5, 5.41) is 2.79. The molecule has 25 heavy (non-hydrogen) atoms. The molecule has 1 heterocycles. The van der Waals surface area contributed by atoms with Gasteiger partial charge in [0.2, 0.25) is 5.91 Å². The molecule has 0 radical (unpaired) electrons. The molecule has 1 aromatic heterocycles. The fourth-order valence-electron chi connectivity index (χ4n) is 2.20. The summed E-state index contributed by atoms with van der Waals surface area (Å²) in [5.74, 6) is 0.507. The number of hydrogen-bond donors (Lipinski definition) is 1. The Kier molecular flexibility index (Phi) is 5.46. The minimum atomic E-state index is -0.599. The molecule has 0 unspecified atom stereocenters. The Morgan fingerprint density at radius 3 is 2.64 bits per heavy atom. The molecule has 0 saturated carbocycles. The molecule has 0 saturated heterocycles. The number of benzene rings is 1. The number of carbonyl (C=O) groups excluding carboxylic acids is 2. The van der Waals surface area contributed by atoms with Crippen molar-refractivity contribution in [3.8, 4) is 11.4 Å². The van der Waals surface area contributed by atoms with Crippen molar-refractivity contribution in [3.05, 3.63) is 36.7 Å². The lowest BCUT2D eigenvalue weighted by molar-refractivity contribution is -0.117. The molecule has 0 atom stereocenters. The summed E-state index contributed by atoms with van der Waals surface area (Å²) in [4.78, 5) is 29.6. The van der Waals surface area contributed by atoms with E-state index in [1.165, 1.54) is 11.9 Å². The van der Waals surface area contributed by atoms with Crippen LogP contribution in [0.1, 0.15) is 20.8 Å². The summed E-state index contributed by atoms with van der Waals surface area (Å²) in [6.45, 7) is 5.24. The number of hydrogen-bond acceptors (Lipinski definition) is 4. The van der Waals surface area contributed by atoms with Gasteiger partial charge in [-0.1, -0.05) is 12.1 Å². The third-order valence-electron chi connectivity index (χ3n) is 3.31. The van der Waals surface area contributed by atoms with E-state index in [2.05, 4.69) is 10.3 Å².